The van der Waals surface area contributed by atoms with Crippen molar-refractivity contribution in [3.05, 3.63) is 71.8 Å². The monoisotopic (exact) mass is 378 g/mol. The summed E-state index contributed by atoms with van der Waals surface area (Å²) in [5.41, 5.74) is 1.12. The van der Waals surface area contributed by atoms with Crippen LogP contribution in [0.4, 0.5) is 13.2 Å². The van der Waals surface area contributed by atoms with E-state index >= 15 is 0 Å². The fraction of sp³-hybridized carbons (Fsp3) is 0.158. The maximum absolute atomic E-state index is 13.0. The highest BCUT2D eigenvalue weighted by molar-refractivity contribution is 5.96. The molecule has 0 aromatic heterocycles. The molecule has 1 N–H and O–H groups in total. The second-order valence-electron chi connectivity index (χ2n) is 5.25. The van der Waals surface area contributed by atoms with Crippen LogP contribution in [-0.4, -0.2) is 25.8 Å². The molecule has 0 aliphatic rings. The predicted octanol–water partition coefficient (Wildman–Crippen LogP) is 4.04. The second kappa shape index (κ2) is 8.88. The van der Waals surface area contributed by atoms with Gasteiger partial charge in [-0.1, -0.05) is 24.8 Å². The standard InChI is InChI=1S/C19H17F3N2O3/c1-3-10-27-16-9-8-13(11-17(16)26-2)12-23-24-18(25)14-6-4-5-7-15(14)19(20,21)22/h3-9,11-12H,1,10H2,2H3,(H,24,25)/b23-12+. The van der Waals surface area contributed by atoms with Crippen molar-refractivity contribution in [2.45, 2.75) is 6.18 Å². The Bertz CT molecular complexity index is 848. The van der Waals surface area contributed by atoms with Crippen molar-refractivity contribution in [2.75, 3.05) is 13.7 Å². The Balaban J connectivity index is 2.12. The number of carbonyl (C=O) groups excluding carboxylic acids is 1. The Morgan fingerprint density at radius 2 is 1.96 bits per heavy atom. The minimum atomic E-state index is -4.63. The number of halogens is 3. The number of alkyl halides is 3. The molecule has 0 aliphatic carbocycles. The number of hydrazone groups is 1. The van der Waals surface area contributed by atoms with Crippen LogP contribution >= 0.6 is 0 Å². The molecule has 0 radical (unpaired) electrons. The van der Waals surface area contributed by atoms with Gasteiger partial charge in [0.05, 0.1) is 24.5 Å². The van der Waals surface area contributed by atoms with E-state index in [1.165, 1.54) is 25.5 Å². The fourth-order valence-corrected chi connectivity index (χ4v) is 2.19. The number of amides is 1. The Morgan fingerprint density at radius 3 is 2.63 bits per heavy atom. The van der Waals surface area contributed by atoms with E-state index in [0.29, 0.717) is 23.7 Å². The number of carbonyl (C=O) groups is 1. The normalized spacial score (nSPS) is 11.3. The summed E-state index contributed by atoms with van der Waals surface area (Å²) in [6, 6.07) is 9.39. The zero-order valence-electron chi connectivity index (χ0n) is 14.4. The first-order chi connectivity index (χ1) is 12.9. The molecule has 0 heterocycles. The predicted molar refractivity (Wildman–Crippen MR) is 95.2 cm³/mol. The lowest BCUT2D eigenvalue weighted by Crippen LogP contribution is -2.22. The van der Waals surface area contributed by atoms with Crippen molar-refractivity contribution in [2.24, 2.45) is 5.10 Å². The van der Waals surface area contributed by atoms with Crippen LogP contribution in [-0.2, 0) is 6.18 Å². The molecule has 0 spiro atoms. The zero-order chi connectivity index (χ0) is 19.9. The lowest BCUT2D eigenvalue weighted by Gasteiger charge is -2.11. The van der Waals surface area contributed by atoms with Crippen molar-refractivity contribution in [1.29, 1.82) is 0 Å². The molecule has 2 rings (SSSR count). The number of nitrogens with one attached hydrogen (secondary N) is 1. The first-order valence-corrected chi connectivity index (χ1v) is 7.78. The quantitative estimate of drug-likeness (QED) is 0.449. The van der Waals surface area contributed by atoms with Crippen molar-refractivity contribution in [1.82, 2.24) is 5.43 Å². The summed E-state index contributed by atoms with van der Waals surface area (Å²) < 4.78 is 49.5. The maximum atomic E-state index is 13.0. The van der Waals surface area contributed by atoms with Gasteiger partial charge in [0.2, 0.25) is 0 Å². The average molecular weight is 378 g/mol. The average Bonchev–Trinajstić information content (AvgIpc) is 2.66. The van der Waals surface area contributed by atoms with Gasteiger partial charge in [-0.05, 0) is 35.9 Å². The van der Waals surface area contributed by atoms with E-state index < -0.39 is 23.2 Å². The molecule has 0 bridgehead atoms. The van der Waals surface area contributed by atoms with E-state index in [1.807, 2.05) is 0 Å². The topological polar surface area (TPSA) is 59.9 Å². The van der Waals surface area contributed by atoms with E-state index in [0.717, 1.165) is 12.1 Å². The number of hydrogen-bond donors (Lipinski definition) is 1. The molecule has 8 heteroatoms. The third kappa shape index (κ3) is 5.34. The Labute approximate surface area is 154 Å². The van der Waals surface area contributed by atoms with Gasteiger partial charge in [-0.15, -0.1) is 0 Å². The van der Waals surface area contributed by atoms with Gasteiger partial charge in [-0.3, -0.25) is 4.79 Å². The summed E-state index contributed by atoms with van der Waals surface area (Å²) >= 11 is 0. The highest BCUT2D eigenvalue weighted by Crippen LogP contribution is 2.31. The van der Waals surface area contributed by atoms with Gasteiger partial charge < -0.3 is 9.47 Å². The van der Waals surface area contributed by atoms with Crippen molar-refractivity contribution in [3.8, 4) is 11.5 Å². The number of methoxy groups -OCH3 is 1. The van der Waals surface area contributed by atoms with Crippen LogP contribution in [0.2, 0.25) is 0 Å². The fourth-order valence-electron chi connectivity index (χ4n) is 2.19. The van der Waals surface area contributed by atoms with E-state index in [-0.39, 0.29) is 0 Å². The highest BCUT2D eigenvalue weighted by Gasteiger charge is 2.34. The molecule has 0 fully saturated rings. The van der Waals surface area contributed by atoms with Crippen LogP contribution in [0, 0.1) is 0 Å². The SMILES string of the molecule is C=CCOc1ccc(/C=N/NC(=O)c2ccccc2C(F)(F)F)cc1OC. The first kappa shape index (κ1) is 20.0. The van der Waals surface area contributed by atoms with Crippen molar-refractivity contribution in [3.63, 3.8) is 0 Å². The first-order valence-electron chi connectivity index (χ1n) is 7.78. The minimum Gasteiger partial charge on any atom is -0.493 e. The molecule has 0 unspecified atom stereocenters. The van der Waals surface area contributed by atoms with E-state index in [2.05, 4.69) is 17.1 Å². The highest BCUT2D eigenvalue weighted by atomic mass is 19.4. The summed E-state index contributed by atoms with van der Waals surface area (Å²) in [5.74, 6) is -0.0238. The Hall–Kier alpha value is -3.29. The van der Waals surface area contributed by atoms with Gasteiger partial charge >= 0.3 is 6.18 Å². The van der Waals surface area contributed by atoms with Gasteiger partial charge in [0.25, 0.3) is 5.91 Å². The molecule has 0 aliphatic heterocycles. The molecule has 5 nitrogen and oxygen atoms in total. The second-order valence-corrected chi connectivity index (χ2v) is 5.25. The van der Waals surface area contributed by atoms with Crippen LogP contribution in [0.5, 0.6) is 11.5 Å². The third-order valence-electron chi connectivity index (χ3n) is 3.40. The number of rotatable bonds is 7. The molecule has 1 amide bonds. The Kier molecular flexibility index (Phi) is 6.59. The Morgan fingerprint density at radius 1 is 1.22 bits per heavy atom. The number of benzene rings is 2. The minimum absolute atomic E-state index is 0.304. The van der Waals surface area contributed by atoms with Crippen LogP contribution in [0.1, 0.15) is 21.5 Å². The van der Waals surface area contributed by atoms with Gasteiger partial charge in [0.1, 0.15) is 6.61 Å². The summed E-state index contributed by atoms with van der Waals surface area (Å²) in [7, 11) is 1.47. The number of nitrogens with zero attached hydrogens (tertiary/aromatic N) is 1. The molecule has 27 heavy (non-hydrogen) atoms. The molecular weight excluding hydrogens is 361 g/mol. The summed E-state index contributed by atoms with van der Waals surface area (Å²) in [6.07, 6.45) is -1.76. The van der Waals surface area contributed by atoms with Gasteiger partial charge in [0, 0.05) is 0 Å². The summed E-state index contributed by atoms with van der Waals surface area (Å²) in [5, 5.41) is 3.70. The molecular formula is C19H17F3N2O3. The summed E-state index contributed by atoms with van der Waals surface area (Å²) in [6.45, 7) is 3.86. The molecule has 2 aromatic carbocycles. The van der Waals surface area contributed by atoms with Crippen molar-refractivity contribution < 1.29 is 27.4 Å². The van der Waals surface area contributed by atoms with Gasteiger partial charge in [-0.25, -0.2) is 5.43 Å². The largest absolute Gasteiger partial charge is 0.493 e. The van der Waals surface area contributed by atoms with Crippen LogP contribution in [0.15, 0.2) is 60.2 Å². The number of hydrogen-bond acceptors (Lipinski definition) is 4. The maximum Gasteiger partial charge on any atom is 0.417 e. The number of ether oxygens (including phenoxy) is 2. The lowest BCUT2D eigenvalue weighted by atomic mass is 10.1. The van der Waals surface area contributed by atoms with Gasteiger partial charge in [0.15, 0.2) is 11.5 Å². The van der Waals surface area contributed by atoms with E-state index in [1.54, 1.807) is 24.3 Å². The van der Waals surface area contributed by atoms with E-state index in [9.17, 15) is 18.0 Å². The van der Waals surface area contributed by atoms with E-state index in [4.69, 9.17) is 9.47 Å². The third-order valence-corrected chi connectivity index (χ3v) is 3.40. The molecule has 0 saturated heterocycles. The summed E-state index contributed by atoms with van der Waals surface area (Å²) in [4.78, 5) is 12.0. The van der Waals surface area contributed by atoms with Crippen molar-refractivity contribution >= 4 is 12.1 Å². The molecule has 0 atom stereocenters. The molecule has 2 aromatic rings. The van der Waals surface area contributed by atoms with Crippen LogP contribution < -0.4 is 14.9 Å². The molecule has 142 valence electrons. The smallest absolute Gasteiger partial charge is 0.417 e. The van der Waals surface area contributed by atoms with Gasteiger partial charge in [-0.2, -0.15) is 18.3 Å². The lowest BCUT2D eigenvalue weighted by molar-refractivity contribution is -0.137. The molecule has 0 saturated carbocycles. The van der Waals surface area contributed by atoms with Crippen LogP contribution in [0.3, 0.4) is 0 Å². The zero-order valence-corrected chi connectivity index (χ0v) is 14.4. The van der Waals surface area contributed by atoms with Crippen LogP contribution in [0.25, 0.3) is 0 Å².